The fourth-order valence-corrected chi connectivity index (χ4v) is 2.78. The molecular formula is C13H21NOS. The summed E-state index contributed by atoms with van der Waals surface area (Å²) < 4.78 is 5.21. The van der Waals surface area contributed by atoms with E-state index >= 15 is 0 Å². The van der Waals surface area contributed by atoms with Crippen LogP contribution in [0.1, 0.15) is 13.8 Å². The number of hydrogen-bond donors (Lipinski definition) is 1. The Morgan fingerprint density at radius 3 is 2.69 bits per heavy atom. The predicted molar refractivity (Wildman–Crippen MR) is 71.4 cm³/mol. The fourth-order valence-electron chi connectivity index (χ4n) is 1.49. The van der Waals surface area contributed by atoms with Crippen molar-refractivity contribution in [3.63, 3.8) is 0 Å². The van der Waals surface area contributed by atoms with Gasteiger partial charge in [0.15, 0.2) is 0 Å². The summed E-state index contributed by atoms with van der Waals surface area (Å²) in [6.07, 6.45) is 0. The third kappa shape index (κ3) is 4.06. The highest BCUT2D eigenvalue weighted by Crippen LogP contribution is 2.24. The van der Waals surface area contributed by atoms with Crippen molar-refractivity contribution in [2.45, 2.75) is 24.8 Å². The lowest BCUT2D eigenvalue weighted by atomic mass is 10.1. The van der Waals surface area contributed by atoms with Gasteiger partial charge in [0, 0.05) is 16.7 Å². The number of ether oxygens (including phenoxy) is 1. The maximum absolute atomic E-state index is 5.21. The molecule has 1 atom stereocenters. The summed E-state index contributed by atoms with van der Waals surface area (Å²) in [6, 6.07) is 8.77. The number of rotatable bonds is 6. The molecule has 0 spiro atoms. The highest BCUT2D eigenvalue weighted by atomic mass is 32.2. The Morgan fingerprint density at radius 1 is 1.38 bits per heavy atom. The largest absolute Gasteiger partial charge is 0.497 e. The lowest BCUT2D eigenvalue weighted by Gasteiger charge is -2.19. The number of thioether (sulfide) groups is 1. The summed E-state index contributed by atoms with van der Waals surface area (Å²) in [5.41, 5.74) is 0. The predicted octanol–water partition coefficient (Wildman–Crippen LogP) is 3.03. The second-order valence-electron chi connectivity index (χ2n) is 4.13. The van der Waals surface area contributed by atoms with Crippen LogP contribution in [0.5, 0.6) is 5.75 Å². The van der Waals surface area contributed by atoms with Crippen molar-refractivity contribution in [3.8, 4) is 5.75 Å². The molecule has 1 rings (SSSR count). The van der Waals surface area contributed by atoms with E-state index in [1.54, 1.807) is 7.11 Å². The zero-order valence-electron chi connectivity index (χ0n) is 10.5. The van der Waals surface area contributed by atoms with Gasteiger partial charge >= 0.3 is 0 Å². The first-order valence-electron chi connectivity index (χ1n) is 5.61. The first kappa shape index (κ1) is 13.4. The second-order valence-corrected chi connectivity index (χ2v) is 5.22. The van der Waals surface area contributed by atoms with Crippen LogP contribution in [0, 0.1) is 5.92 Å². The Hall–Kier alpha value is -0.670. The molecule has 0 aliphatic heterocycles. The van der Waals surface area contributed by atoms with Crippen LogP contribution >= 0.6 is 11.8 Å². The number of methoxy groups -OCH3 is 1. The Labute approximate surface area is 103 Å². The lowest BCUT2D eigenvalue weighted by Crippen LogP contribution is -2.32. The zero-order valence-corrected chi connectivity index (χ0v) is 11.3. The molecule has 0 aromatic heterocycles. The van der Waals surface area contributed by atoms with Gasteiger partial charge in [-0.3, -0.25) is 0 Å². The number of benzene rings is 1. The van der Waals surface area contributed by atoms with Crippen LogP contribution in [0.25, 0.3) is 0 Å². The molecule has 0 saturated heterocycles. The summed E-state index contributed by atoms with van der Waals surface area (Å²) in [5, 5.41) is 3.35. The van der Waals surface area contributed by atoms with Gasteiger partial charge < -0.3 is 10.1 Å². The van der Waals surface area contributed by atoms with Crippen molar-refractivity contribution in [3.05, 3.63) is 24.3 Å². The van der Waals surface area contributed by atoms with Gasteiger partial charge in [-0.25, -0.2) is 0 Å². The molecule has 3 heteroatoms. The Morgan fingerprint density at radius 2 is 2.12 bits per heavy atom. The second kappa shape index (κ2) is 6.81. The molecule has 1 N–H and O–H groups in total. The minimum Gasteiger partial charge on any atom is -0.497 e. The number of hydrogen-bond acceptors (Lipinski definition) is 3. The van der Waals surface area contributed by atoms with Crippen molar-refractivity contribution in [2.75, 3.05) is 19.9 Å². The van der Waals surface area contributed by atoms with Crippen molar-refractivity contribution < 1.29 is 4.74 Å². The minimum atomic E-state index is 0.552. The van der Waals surface area contributed by atoms with E-state index < -0.39 is 0 Å². The van der Waals surface area contributed by atoms with E-state index in [0.29, 0.717) is 12.0 Å². The maximum atomic E-state index is 5.21. The first-order valence-corrected chi connectivity index (χ1v) is 6.60. The van der Waals surface area contributed by atoms with Crippen LogP contribution in [-0.2, 0) is 0 Å². The highest BCUT2D eigenvalue weighted by Gasteiger charge is 2.10. The van der Waals surface area contributed by atoms with E-state index in [2.05, 4.69) is 31.3 Å². The summed E-state index contributed by atoms with van der Waals surface area (Å²) in [5.74, 6) is 2.67. The lowest BCUT2D eigenvalue weighted by molar-refractivity contribution is 0.413. The van der Waals surface area contributed by atoms with Crippen LogP contribution < -0.4 is 10.1 Å². The molecule has 1 unspecified atom stereocenters. The molecule has 1 aromatic rings. The molecule has 0 saturated carbocycles. The minimum absolute atomic E-state index is 0.552. The molecule has 0 aliphatic carbocycles. The molecule has 2 nitrogen and oxygen atoms in total. The van der Waals surface area contributed by atoms with Crippen LogP contribution in [0.3, 0.4) is 0 Å². The van der Waals surface area contributed by atoms with E-state index in [0.717, 1.165) is 11.5 Å². The molecule has 0 radical (unpaired) electrons. The monoisotopic (exact) mass is 239 g/mol. The molecule has 16 heavy (non-hydrogen) atoms. The van der Waals surface area contributed by atoms with Gasteiger partial charge in [-0.05, 0) is 31.2 Å². The summed E-state index contributed by atoms with van der Waals surface area (Å²) in [7, 11) is 3.73. The Kier molecular flexibility index (Phi) is 5.71. The van der Waals surface area contributed by atoms with Crippen LogP contribution in [0.2, 0.25) is 0 Å². The van der Waals surface area contributed by atoms with E-state index in [9.17, 15) is 0 Å². The van der Waals surface area contributed by atoms with Crippen LogP contribution in [0.15, 0.2) is 29.2 Å². The quantitative estimate of drug-likeness (QED) is 0.771. The van der Waals surface area contributed by atoms with Crippen molar-refractivity contribution >= 4 is 11.8 Å². The molecule has 0 bridgehead atoms. The van der Waals surface area contributed by atoms with Gasteiger partial charge in [0.25, 0.3) is 0 Å². The topological polar surface area (TPSA) is 21.3 Å². The molecule has 1 aromatic carbocycles. The van der Waals surface area contributed by atoms with Crippen molar-refractivity contribution in [2.24, 2.45) is 5.92 Å². The fraction of sp³-hybridized carbons (Fsp3) is 0.538. The molecular weight excluding hydrogens is 218 g/mol. The van der Waals surface area contributed by atoms with Gasteiger partial charge in [-0.15, -0.1) is 11.8 Å². The van der Waals surface area contributed by atoms with Gasteiger partial charge in [0.05, 0.1) is 7.11 Å². The van der Waals surface area contributed by atoms with Gasteiger partial charge in [0.2, 0.25) is 0 Å². The molecule has 0 heterocycles. The smallest absolute Gasteiger partial charge is 0.119 e. The molecule has 0 amide bonds. The van der Waals surface area contributed by atoms with E-state index in [1.165, 1.54) is 4.90 Å². The molecule has 90 valence electrons. The van der Waals surface area contributed by atoms with Gasteiger partial charge in [-0.2, -0.15) is 0 Å². The number of nitrogens with one attached hydrogen (secondary N) is 1. The highest BCUT2D eigenvalue weighted by molar-refractivity contribution is 7.99. The Balaban J connectivity index is 2.53. The third-order valence-electron chi connectivity index (χ3n) is 2.65. The van der Waals surface area contributed by atoms with E-state index in [1.807, 2.05) is 30.9 Å². The van der Waals surface area contributed by atoms with Crippen molar-refractivity contribution in [1.29, 1.82) is 0 Å². The average Bonchev–Trinajstić information content (AvgIpc) is 2.29. The van der Waals surface area contributed by atoms with Crippen molar-refractivity contribution in [1.82, 2.24) is 5.32 Å². The van der Waals surface area contributed by atoms with Crippen LogP contribution in [0.4, 0.5) is 0 Å². The third-order valence-corrected chi connectivity index (χ3v) is 3.76. The maximum Gasteiger partial charge on any atom is 0.119 e. The molecule has 0 fully saturated rings. The SMILES string of the molecule is CNC(CSc1cccc(OC)c1)C(C)C. The summed E-state index contributed by atoms with van der Waals surface area (Å²) in [6.45, 7) is 4.49. The Bertz CT molecular complexity index is 315. The summed E-state index contributed by atoms with van der Waals surface area (Å²) >= 11 is 1.87. The molecule has 0 aliphatic rings. The first-order chi connectivity index (χ1) is 7.67. The normalized spacial score (nSPS) is 12.8. The van der Waals surface area contributed by atoms with Gasteiger partial charge in [0.1, 0.15) is 5.75 Å². The van der Waals surface area contributed by atoms with Crippen LogP contribution in [-0.4, -0.2) is 26.0 Å². The standard InChI is InChI=1S/C13H21NOS/c1-10(2)13(14-3)9-16-12-7-5-6-11(8-12)15-4/h5-8,10,13-14H,9H2,1-4H3. The van der Waals surface area contributed by atoms with E-state index in [4.69, 9.17) is 4.74 Å². The van der Waals surface area contributed by atoms with E-state index in [-0.39, 0.29) is 0 Å². The zero-order chi connectivity index (χ0) is 12.0. The average molecular weight is 239 g/mol. The van der Waals surface area contributed by atoms with Gasteiger partial charge in [-0.1, -0.05) is 19.9 Å². The summed E-state index contributed by atoms with van der Waals surface area (Å²) in [4.78, 5) is 1.26.